The van der Waals surface area contributed by atoms with Crippen molar-refractivity contribution >= 4 is 23.2 Å². The maximum Gasteiger partial charge on any atom is 0.170 e. The summed E-state index contributed by atoms with van der Waals surface area (Å²) in [5.74, 6) is 0.793. The van der Waals surface area contributed by atoms with Crippen molar-refractivity contribution in [1.29, 1.82) is 0 Å². The predicted molar refractivity (Wildman–Crippen MR) is 115 cm³/mol. The molecule has 144 valence electrons. The van der Waals surface area contributed by atoms with Crippen molar-refractivity contribution in [3.8, 4) is 22.7 Å². The van der Waals surface area contributed by atoms with Crippen molar-refractivity contribution in [3.05, 3.63) is 76.9 Å². The predicted octanol–water partition coefficient (Wildman–Crippen LogP) is 5.84. The summed E-state index contributed by atoms with van der Waals surface area (Å²) in [4.78, 5) is 0. The summed E-state index contributed by atoms with van der Waals surface area (Å²) in [6, 6.07) is 15.5. The molecule has 28 heavy (non-hydrogen) atoms. The molecule has 3 aromatic rings. The van der Waals surface area contributed by atoms with Gasteiger partial charge >= 0.3 is 0 Å². The molecule has 4 rings (SSSR count). The standard InChI is InChI=1S/C22H21Cl2N3O/c1-2-13-25-18-7-5-14-28-22-20(18)26-27(19-8-4-3-6-17(19)24)21(22)15-9-11-16(23)12-10-15/h2-4,6,8-12,18,25H,1,5,7,13-14H2. The molecule has 0 spiro atoms. The maximum atomic E-state index is 6.51. The van der Waals surface area contributed by atoms with Gasteiger partial charge in [0.05, 0.1) is 23.4 Å². The summed E-state index contributed by atoms with van der Waals surface area (Å²) in [7, 11) is 0. The van der Waals surface area contributed by atoms with Crippen molar-refractivity contribution in [1.82, 2.24) is 15.1 Å². The van der Waals surface area contributed by atoms with Crippen LogP contribution in [-0.4, -0.2) is 22.9 Å². The number of benzene rings is 2. The Morgan fingerprint density at radius 1 is 1.18 bits per heavy atom. The van der Waals surface area contributed by atoms with E-state index in [1.54, 1.807) is 0 Å². The number of hydrogen-bond acceptors (Lipinski definition) is 3. The largest absolute Gasteiger partial charge is 0.489 e. The molecule has 1 aliphatic heterocycles. The van der Waals surface area contributed by atoms with Gasteiger partial charge in [-0.15, -0.1) is 6.58 Å². The monoisotopic (exact) mass is 413 g/mol. The fraction of sp³-hybridized carbons (Fsp3) is 0.227. The number of halogens is 2. The van der Waals surface area contributed by atoms with E-state index in [-0.39, 0.29) is 6.04 Å². The van der Waals surface area contributed by atoms with E-state index in [4.69, 9.17) is 33.0 Å². The maximum absolute atomic E-state index is 6.51. The molecule has 6 heteroatoms. The quantitative estimate of drug-likeness (QED) is 0.534. The van der Waals surface area contributed by atoms with Crippen molar-refractivity contribution < 1.29 is 4.74 Å². The second-order valence-electron chi connectivity index (χ2n) is 6.67. The van der Waals surface area contributed by atoms with Crippen LogP contribution in [0.3, 0.4) is 0 Å². The van der Waals surface area contributed by atoms with Gasteiger partial charge in [-0.25, -0.2) is 4.68 Å². The second kappa shape index (κ2) is 8.39. The van der Waals surface area contributed by atoms with Crippen LogP contribution in [0.4, 0.5) is 0 Å². The van der Waals surface area contributed by atoms with Crippen molar-refractivity contribution in [2.75, 3.05) is 13.2 Å². The van der Waals surface area contributed by atoms with Crippen LogP contribution in [0, 0.1) is 0 Å². The van der Waals surface area contributed by atoms with Crippen LogP contribution in [0.5, 0.6) is 5.75 Å². The Balaban J connectivity index is 1.93. The van der Waals surface area contributed by atoms with Gasteiger partial charge in [0.15, 0.2) is 5.75 Å². The van der Waals surface area contributed by atoms with Crippen LogP contribution in [0.25, 0.3) is 16.9 Å². The summed E-state index contributed by atoms with van der Waals surface area (Å²) in [5, 5.41) is 9.77. The van der Waals surface area contributed by atoms with Gasteiger partial charge in [-0.05, 0) is 37.1 Å². The third-order valence-electron chi connectivity index (χ3n) is 4.79. The average Bonchev–Trinajstić information content (AvgIpc) is 2.96. The van der Waals surface area contributed by atoms with Crippen molar-refractivity contribution in [3.63, 3.8) is 0 Å². The molecule has 0 aliphatic carbocycles. The highest BCUT2D eigenvalue weighted by Gasteiger charge is 2.29. The highest BCUT2D eigenvalue weighted by atomic mass is 35.5. The Morgan fingerprint density at radius 2 is 1.96 bits per heavy atom. The molecule has 0 fully saturated rings. The number of hydrogen-bond donors (Lipinski definition) is 1. The third kappa shape index (κ3) is 3.68. The Morgan fingerprint density at radius 3 is 2.71 bits per heavy atom. The van der Waals surface area contributed by atoms with Crippen LogP contribution >= 0.6 is 23.2 Å². The molecular formula is C22H21Cl2N3O. The summed E-state index contributed by atoms with van der Waals surface area (Å²) in [6.07, 6.45) is 3.76. The Hall–Kier alpha value is -2.27. The zero-order chi connectivity index (χ0) is 19.5. The third-order valence-corrected chi connectivity index (χ3v) is 5.36. The zero-order valence-electron chi connectivity index (χ0n) is 15.4. The van der Waals surface area contributed by atoms with Crippen LogP contribution in [0.15, 0.2) is 61.2 Å². The minimum absolute atomic E-state index is 0.0882. The second-order valence-corrected chi connectivity index (χ2v) is 7.52. The minimum Gasteiger partial charge on any atom is -0.489 e. The van der Waals surface area contributed by atoms with Gasteiger partial charge in [0.1, 0.15) is 11.4 Å². The zero-order valence-corrected chi connectivity index (χ0v) is 16.9. The lowest BCUT2D eigenvalue weighted by molar-refractivity contribution is 0.316. The molecule has 0 radical (unpaired) electrons. The van der Waals surface area contributed by atoms with Crippen molar-refractivity contribution in [2.24, 2.45) is 0 Å². The first-order valence-electron chi connectivity index (χ1n) is 9.30. The van der Waals surface area contributed by atoms with E-state index in [1.165, 1.54) is 0 Å². The number of para-hydroxylation sites is 1. The molecule has 0 saturated carbocycles. The van der Waals surface area contributed by atoms with E-state index in [0.717, 1.165) is 41.2 Å². The molecule has 0 bridgehead atoms. The molecule has 2 heterocycles. The van der Waals surface area contributed by atoms with Gasteiger partial charge in [-0.1, -0.05) is 53.5 Å². The minimum atomic E-state index is 0.0882. The van der Waals surface area contributed by atoms with Crippen LogP contribution in [0.2, 0.25) is 10.0 Å². The van der Waals surface area contributed by atoms with E-state index in [0.29, 0.717) is 23.2 Å². The van der Waals surface area contributed by atoms with E-state index in [2.05, 4.69) is 11.9 Å². The summed E-state index contributed by atoms with van der Waals surface area (Å²) >= 11 is 12.6. The molecule has 1 aromatic heterocycles. The molecule has 1 unspecified atom stereocenters. The van der Waals surface area contributed by atoms with E-state index < -0.39 is 0 Å². The lowest BCUT2D eigenvalue weighted by Gasteiger charge is -2.13. The molecule has 1 aliphatic rings. The van der Waals surface area contributed by atoms with Gasteiger partial charge in [-0.3, -0.25) is 0 Å². The van der Waals surface area contributed by atoms with Gasteiger partial charge in [0.2, 0.25) is 0 Å². The molecule has 0 saturated heterocycles. The first kappa shape index (κ1) is 19.1. The fourth-order valence-corrected chi connectivity index (χ4v) is 3.81. The van der Waals surface area contributed by atoms with E-state index >= 15 is 0 Å². The summed E-state index contributed by atoms with van der Waals surface area (Å²) in [5.41, 5.74) is 3.56. The number of aromatic nitrogens is 2. The summed E-state index contributed by atoms with van der Waals surface area (Å²) in [6.45, 7) is 5.17. The van der Waals surface area contributed by atoms with Gasteiger partial charge < -0.3 is 10.1 Å². The first-order valence-corrected chi connectivity index (χ1v) is 10.1. The first-order chi connectivity index (χ1) is 13.7. The molecular weight excluding hydrogens is 393 g/mol. The average molecular weight is 414 g/mol. The smallest absolute Gasteiger partial charge is 0.170 e. The topological polar surface area (TPSA) is 39.1 Å². The number of nitrogens with zero attached hydrogens (tertiary/aromatic N) is 2. The van der Waals surface area contributed by atoms with Crippen LogP contribution < -0.4 is 10.1 Å². The molecule has 4 nitrogen and oxygen atoms in total. The number of fused-ring (bicyclic) bond motifs is 1. The number of rotatable bonds is 5. The van der Waals surface area contributed by atoms with Gasteiger partial charge in [-0.2, -0.15) is 5.10 Å². The molecule has 1 N–H and O–H groups in total. The molecule has 0 amide bonds. The van der Waals surface area contributed by atoms with Gasteiger partial charge in [0.25, 0.3) is 0 Å². The number of nitrogens with one attached hydrogen (secondary N) is 1. The van der Waals surface area contributed by atoms with E-state index in [9.17, 15) is 0 Å². The highest BCUT2D eigenvalue weighted by molar-refractivity contribution is 6.32. The van der Waals surface area contributed by atoms with E-state index in [1.807, 2.05) is 59.3 Å². The van der Waals surface area contributed by atoms with Crippen LogP contribution in [-0.2, 0) is 0 Å². The lowest BCUT2D eigenvalue weighted by Crippen LogP contribution is -2.21. The summed E-state index contributed by atoms with van der Waals surface area (Å²) < 4.78 is 8.07. The Labute approximate surface area is 174 Å². The number of ether oxygens (including phenoxy) is 1. The fourth-order valence-electron chi connectivity index (χ4n) is 3.47. The Bertz CT molecular complexity index is 982. The normalized spacial score (nSPS) is 16.1. The van der Waals surface area contributed by atoms with Crippen molar-refractivity contribution in [2.45, 2.75) is 18.9 Å². The SMILES string of the molecule is C=CCNC1CCCOc2c1nn(-c1ccccc1Cl)c2-c1ccc(Cl)cc1. The lowest BCUT2D eigenvalue weighted by atomic mass is 10.1. The van der Waals surface area contributed by atoms with Gasteiger partial charge in [0, 0.05) is 17.1 Å². The molecule has 2 aromatic carbocycles. The highest BCUT2D eigenvalue weighted by Crippen LogP contribution is 2.42. The van der Waals surface area contributed by atoms with Crippen LogP contribution in [0.1, 0.15) is 24.6 Å². The molecule has 1 atom stereocenters. The Kier molecular flexibility index (Phi) is 5.72.